The second kappa shape index (κ2) is 13.5. The highest BCUT2D eigenvalue weighted by Crippen LogP contribution is 2.49. The minimum atomic E-state index is -0.338. The SMILES string of the molecule is CC(=O)C1[C@@H]2COc3c(OCCN4CCCC4)cccc3-c3c(C4CCCCC4)c4ccc(cc4n3C2)CN(S)N(C)C(C)N1C. The van der Waals surface area contributed by atoms with Crippen LogP contribution in [0.2, 0.25) is 0 Å². The summed E-state index contributed by atoms with van der Waals surface area (Å²) >= 11 is 4.92. The predicted molar refractivity (Wildman–Crippen MR) is 187 cm³/mol. The first kappa shape index (κ1) is 32.0. The molecule has 1 saturated heterocycles. The Balaban J connectivity index is 1.43. The minimum absolute atomic E-state index is 0.0573. The van der Waals surface area contributed by atoms with Crippen LogP contribution >= 0.6 is 12.8 Å². The summed E-state index contributed by atoms with van der Waals surface area (Å²) in [6.07, 6.45) is 8.71. The third-order valence-corrected chi connectivity index (χ3v) is 11.7. The zero-order valence-electron chi connectivity index (χ0n) is 28.1. The number of likely N-dealkylation sites (tertiary alicyclic amines) is 1. The zero-order valence-corrected chi connectivity index (χ0v) is 29.0. The number of carbonyl (C=O) groups excluding carboxylic acids is 1. The monoisotopic (exact) mass is 645 g/mol. The molecular formula is C37H51N5O3S. The Bertz CT molecular complexity index is 1560. The summed E-state index contributed by atoms with van der Waals surface area (Å²) in [5.41, 5.74) is 6.27. The molecule has 46 heavy (non-hydrogen) atoms. The molecule has 0 N–H and O–H groups in total. The van der Waals surface area contributed by atoms with E-state index in [2.05, 4.69) is 69.7 Å². The van der Waals surface area contributed by atoms with Gasteiger partial charge in [0.05, 0.1) is 24.5 Å². The molecule has 3 aromatic rings. The number of rotatable bonds is 6. The van der Waals surface area contributed by atoms with Crippen LogP contribution in [0.1, 0.15) is 75.8 Å². The first-order valence-electron chi connectivity index (χ1n) is 17.5. The van der Waals surface area contributed by atoms with E-state index < -0.39 is 0 Å². The molecule has 4 heterocycles. The van der Waals surface area contributed by atoms with E-state index in [0.29, 0.717) is 32.2 Å². The Hall–Kier alpha value is -2.56. The number of ether oxygens (including phenoxy) is 2. The van der Waals surface area contributed by atoms with Crippen LogP contribution in [-0.4, -0.2) is 88.7 Å². The van der Waals surface area contributed by atoms with E-state index in [9.17, 15) is 4.79 Å². The van der Waals surface area contributed by atoms with Crippen LogP contribution in [0.3, 0.4) is 0 Å². The van der Waals surface area contributed by atoms with E-state index in [-0.39, 0.29) is 23.9 Å². The number of para-hydroxylation sites is 1. The van der Waals surface area contributed by atoms with Gasteiger partial charge in [-0.2, -0.15) is 4.41 Å². The Labute approximate surface area is 280 Å². The number of fused-ring (bicyclic) bond motifs is 4. The average Bonchev–Trinajstić information content (AvgIpc) is 3.68. The van der Waals surface area contributed by atoms with Crippen molar-refractivity contribution in [1.29, 1.82) is 0 Å². The van der Waals surface area contributed by atoms with Gasteiger partial charge in [0.25, 0.3) is 0 Å². The summed E-state index contributed by atoms with van der Waals surface area (Å²) in [6, 6.07) is 13.1. The van der Waals surface area contributed by atoms with E-state index in [1.54, 1.807) is 6.92 Å². The van der Waals surface area contributed by atoms with Gasteiger partial charge in [-0.15, -0.1) is 0 Å². The molecule has 9 heteroatoms. The molecule has 4 aliphatic rings. The molecule has 0 radical (unpaired) electrons. The van der Waals surface area contributed by atoms with Crippen LogP contribution in [0.5, 0.6) is 11.5 Å². The number of hydrogen-bond donors (Lipinski definition) is 1. The highest BCUT2D eigenvalue weighted by atomic mass is 32.1. The quantitative estimate of drug-likeness (QED) is 0.304. The van der Waals surface area contributed by atoms with Crippen molar-refractivity contribution >= 4 is 29.5 Å². The fourth-order valence-electron chi connectivity index (χ4n) is 8.64. The second-order valence-electron chi connectivity index (χ2n) is 14.1. The lowest BCUT2D eigenvalue weighted by atomic mass is 9.81. The highest BCUT2D eigenvalue weighted by molar-refractivity contribution is 7.77. The number of hydrogen-bond acceptors (Lipinski definition) is 8. The van der Waals surface area contributed by atoms with Gasteiger partial charge in [-0.1, -0.05) is 50.3 Å². The molecule has 2 unspecified atom stereocenters. The first-order valence-corrected chi connectivity index (χ1v) is 17.9. The van der Waals surface area contributed by atoms with Gasteiger partial charge in [-0.25, -0.2) is 5.01 Å². The van der Waals surface area contributed by atoms with Crippen LogP contribution in [0.15, 0.2) is 36.4 Å². The summed E-state index contributed by atoms with van der Waals surface area (Å²) in [5.74, 6) is 2.18. The smallest absolute Gasteiger partial charge is 0.170 e. The molecular weight excluding hydrogens is 595 g/mol. The average molecular weight is 646 g/mol. The number of likely N-dealkylation sites (N-methyl/N-ethyl adjacent to an activating group) is 1. The van der Waals surface area contributed by atoms with Crippen LogP contribution in [0.4, 0.5) is 0 Å². The third-order valence-electron chi connectivity index (χ3n) is 11.3. The fraction of sp³-hybridized carbons (Fsp3) is 0.595. The molecule has 3 atom stereocenters. The van der Waals surface area contributed by atoms with Gasteiger partial charge in [-0.3, -0.25) is 14.6 Å². The molecule has 7 rings (SSSR count). The van der Waals surface area contributed by atoms with Gasteiger partial charge in [-0.05, 0) is 94.9 Å². The number of carbonyl (C=O) groups is 1. The van der Waals surface area contributed by atoms with Crippen LogP contribution < -0.4 is 9.47 Å². The standard InChI is InChI=1S/C37H51N5O3S/c1-25(43)35-29-23-41-32-21-27(22-42(46)39(4)26(2)38(35)3)15-16-30(32)34(28-11-6-5-7-12-28)36(41)31-13-10-14-33(37(31)45-24-29)44-20-19-40-17-8-9-18-40/h10,13-16,21,26,28-29,35,46H,5-9,11-12,17-20,22-24H2,1-4H3/t26?,29-,35?/m0/s1. The highest BCUT2D eigenvalue weighted by Gasteiger charge is 2.39. The van der Waals surface area contributed by atoms with E-state index in [4.69, 9.17) is 22.3 Å². The number of benzene rings is 2. The molecule has 2 aromatic carbocycles. The van der Waals surface area contributed by atoms with Crippen molar-refractivity contribution < 1.29 is 14.3 Å². The van der Waals surface area contributed by atoms with Gasteiger partial charge < -0.3 is 14.0 Å². The van der Waals surface area contributed by atoms with E-state index in [1.807, 2.05) is 11.5 Å². The molecule has 1 aromatic heterocycles. The molecule has 0 amide bonds. The second-order valence-corrected chi connectivity index (χ2v) is 14.6. The Morgan fingerprint density at radius 2 is 1.83 bits per heavy atom. The summed E-state index contributed by atoms with van der Waals surface area (Å²) in [4.78, 5) is 18.3. The summed E-state index contributed by atoms with van der Waals surface area (Å²) in [7, 11) is 4.12. The Morgan fingerprint density at radius 1 is 1.04 bits per heavy atom. The first-order chi connectivity index (χ1) is 22.3. The summed E-state index contributed by atoms with van der Waals surface area (Å²) in [6.45, 7) is 9.53. The van der Waals surface area contributed by atoms with Crippen molar-refractivity contribution in [2.75, 3.05) is 46.9 Å². The fourth-order valence-corrected chi connectivity index (χ4v) is 8.96. The van der Waals surface area contributed by atoms with Crippen LogP contribution in [-0.2, 0) is 17.9 Å². The molecule has 0 spiro atoms. The lowest BCUT2D eigenvalue weighted by Gasteiger charge is -2.43. The molecule has 4 bridgehead atoms. The maximum absolute atomic E-state index is 13.6. The van der Waals surface area contributed by atoms with Gasteiger partial charge in [0.1, 0.15) is 12.4 Å². The summed E-state index contributed by atoms with van der Waals surface area (Å²) < 4.78 is 18.0. The van der Waals surface area contributed by atoms with Crippen molar-refractivity contribution in [3.8, 4) is 22.8 Å². The number of Topliss-reactive ketones (excluding diaryl/α,β-unsaturated/α-hetero) is 1. The van der Waals surface area contributed by atoms with Gasteiger partial charge in [0.15, 0.2) is 11.5 Å². The molecule has 2 fully saturated rings. The molecule has 1 aliphatic carbocycles. The number of hydrazine groups is 1. The largest absolute Gasteiger partial charge is 0.489 e. The van der Waals surface area contributed by atoms with Gasteiger partial charge in [0, 0.05) is 49.1 Å². The number of nitrogens with zero attached hydrogens (tertiary/aromatic N) is 5. The van der Waals surface area contributed by atoms with Crippen molar-refractivity contribution in [1.82, 2.24) is 23.8 Å². The van der Waals surface area contributed by atoms with Gasteiger partial charge >= 0.3 is 0 Å². The Morgan fingerprint density at radius 3 is 2.59 bits per heavy atom. The van der Waals surface area contributed by atoms with Crippen molar-refractivity contribution in [3.63, 3.8) is 0 Å². The molecule has 3 aliphatic heterocycles. The maximum Gasteiger partial charge on any atom is 0.170 e. The van der Waals surface area contributed by atoms with Gasteiger partial charge in [0.2, 0.25) is 0 Å². The third kappa shape index (κ3) is 5.98. The lowest BCUT2D eigenvalue weighted by Crippen LogP contribution is -2.56. The number of ketones is 1. The molecule has 248 valence electrons. The van der Waals surface area contributed by atoms with Crippen LogP contribution in [0, 0.1) is 5.92 Å². The predicted octanol–water partition coefficient (Wildman–Crippen LogP) is 6.58. The lowest BCUT2D eigenvalue weighted by molar-refractivity contribution is -0.129. The van der Waals surface area contributed by atoms with E-state index in [0.717, 1.165) is 36.7 Å². The molecule has 8 nitrogen and oxygen atoms in total. The van der Waals surface area contributed by atoms with E-state index >= 15 is 0 Å². The summed E-state index contributed by atoms with van der Waals surface area (Å²) in [5, 5.41) is 3.45. The number of thiol groups is 1. The zero-order chi connectivity index (χ0) is 31.9. The van der Waals surface area contributed by atoms with Crippen molar-refractivity contribution in [2.45, 2.75) is 90.0 Å². The van der Waals surface area contributed by atoms with Crippen molar-refractivity contribution in [3.05, 3.63) is 47.5 Å². The Kier molecular flexibility index (Phi) is 9.40. The van der Waals surface area contributed by atoms with E-state index in [1.165, 1.54) is 72.7 Å². The maximum atomic E-state index is 13.6. The minimum Gasteiger partial charge on any atom is -0.489 e. The normalized spacial score (nSPS) is 25.5. The number of aromatic nitrogens is 1. The topological polar surface area (TPSA) is 53.4 Å². The molecule has 1 saturated carbocycles. The van der Waals surface area contributed by atoms with Crippen molar-refractivity contribution in [2.24, 2.45) is 5.92 Å². The van der Waals surface area contributed by atoms with Crippen LogP contribution in [0.25, 0.3) is 22.2 Å².